The fourth-order valence-corrected chi connectivity index (χ4v) is 2.63. The normalized spacial score (nSPS) is 14.8. The number of carbonyl (C=O) groups is 1. The monoisotopic (exact) mass is 322 g/mol. The molecule has 1 aliphatic heterocycles. The number of anilines is 1. The van der Waals surface area contributed by atoms with Crippen LogP contribution in [0.4, 0.5) is 5.69 Å². The van der Waals surface area contributed by atoms with Crippen molar-refractivity contribution in [2.75, 3.05) is 31.2 Å². The topological polar surface area (TPSA) is 41.6 Å². The molecule has 2 aromatic rings. The molecule has 1 heterocycles. The summed E-state index contributed by atoms with van der Waals surface area (Å²) in [7, 11) is 0. The average molecular weight is 322 g/mol. The Bertz CT molecular complexity index is 675. The molecule has 1 saturated heterocycles. The molecule has 0 saturated carbocycles. The number of amides is 1. The molecule has 1 fully saturated rings. The van der Waals surface area contributed by atoms with E-state index in [0.717, 1.165) is 37.4 Å². The van der Waals surface area contributed by atoms with Gasteiger partial charge in [0, 0.05) is 31.4 Å². The molecule has 0 unspecified atom stereocenters. The third kappa shape index (κ3) is 4.70. The lowest BCUT2D eigenvalue weighted by Gasteiger charge is -2.28. The van der Waals surface area contributed by atoms with Crippen LogP contribution in [0.3, 0.4) is 0 Å². The molecule has 0 atom stereocenters. The summed E-state index contributed by atoms with van der Waals surface area (Å²) in [5, 5.41) is 2.91. The van der Waals surface area contributed by atoms with E-state index in [-0.39, 0.29) is 5.91 Å². The van der Waals surface area contributed by atoms with Crippen LogP contribution in [0, 0.1) is 0 Å². The number of carbonyl (C=O) groups excluding carboxylic acids is 1. The summed E-state index contributed by atoms with van der Waals surface area (Å²) in [6, 6.07) is 18.1. The Balaban J connectivity index is 1.49. The van der Waals surface area contributed by atoms with E-state index in [9.17, 15) is 4.79 Å². The molecule has 0 aromatic heterocycles. The van der Waals surface area contributed by atoms with Gasteiger partial charge < -0.3 is 15.0 Å². The predicted octanol–water partition coefficient (Wildman–Crippen LogP) is 2.85. The van der Waals surface area contributed by atoms with E-state index in [1.165, 1.54) is 5.69 Å². The Labute approximate surface area is 142 Å². The average Bonchev–Trinajstić information content (AvgIpc) is 2.67. The van der Waals surface area contributed by atoms with Crippen molar-refractivity contribution in [2.45, 2.75) is 6.54 Å². The third-order valence-electron chi connectivity index (χ3n) is 4.01. The molecule has 0 spiro atoms. The maximum atomic E-state index is 11.9. The van der Waals surface area contributed by atoms with Crippen molar-refractivity contribution in [1.29, 1.82) is 0 Å². The van der Waals surface area contributed by atoms with Crippen molar-refractivity contribution in [2.24, 2.45) is 0 Å². The lowest BCUT2D eigenvalue weighted by molar-refractivity contribution is -0.116. The van der Waals surface area contributed by atoms with Gasteiger partial charge in [0.2, 0.25) is 5.91 Å². The summed E-state index contributed by atoms with van der Waals surface area (Å²) in [6.07, 6.45) is 3.38. The van der Waals surface area contributed by atoms with Crippen molar-refractivity contribution >= 4 is 17.7 Å². The van der Waals surface area contributed by atoms with Crippen molar-refractivity contribution in [1.82, 2.24) is 5.32 Å². The Hall–Kier alpha value is -2.59. The molecule has 1 amide bonds. The van der Waals surface area contributed by atoms with Crippen LogP contribution in [0.1, 0.15) is 11.1 Å². The molecule has 24 heavy (non-hydrogen) atoms. The highest BCUT2D eigenvalue weighted by atomic mass is 16.5. The smallest absolute Gasteiger partial charge is 0.244 e. The van der Waals surface area contributed by atoms with Crippen LogP contribution < -0.4 is 10.2 Å². The van der Waals surface area contributed by atoms with E-state index >= 15 is 0 Å². The quantitative estimate of drug-likeness (QED) is 0.861. The standard InChI is InChI=1S/C20H22N2O2/c23-20(11-8-17-4-2-1-3-5-17)21-16-18-6-9-19(10-7-18)22-12-14-24-15-13-22/h1-11H,12-16H2,(H,21,23)/b11-8+. The Morgan fingerprint density at radius 2 is 1.75 bits per heavy atom. The van der Waals surface area contributed by atoms with Gasteiger partial charge >= 0.3 is 0 Å². The van der Waals surface area contributed by atoms with Crippen LogP contribution in [-0.2, 0) is 16.1 Å². The maximum absolute atomic E-state index is 11.9. The highest BCUT2D eigenvalue weighted by Gasteiger charge is 2.10. The van der Waals surface area contributed by atoms with Crippen LogP contribution in [0.2, 0.25) is 0 Å². The summed E-state index contributed by atoms with van der Waals surface area (Å²) in [5.74, 6) is -0.0869. The molecule has 1 N–H and O–H groups in total. The lowest BCUT2D eigenvalue weighted by Crippen LogP contribution is -2.36. The van der Waals surface area contributed by atoms with Gasteiger partial charge in [0.15, 0.2) is 0 Å². The molecular formula is C20H22N2O2. The summed E-state index contributed by atoms with van der Waals surface area (Å²) >= 11 is 0. The van der Waals surface area contributed by atoms with Gasteiger partial charge in [-0.2, -0.15) is 0 Å². The zero-order chi connectivity index (χ0) is 16.6. The van der Waals surface area contributed by atoms with Crippen LogP contribution in [0.15, 0.2) is 60.7 Å². The third-order valence-corrected chi connectivity index (χ3v) is 4.01. The van der Waals surface area contributed by atoms with Gasteiger partial charge in [-0.05, 0) is 29.3 Å². The number of nitrogens with one attached hydrogen (secondary N) is 1. The minimum absolute atomic E-state index is 0.0869. The zero-order valence-electron chi connectivity index (χ0n) is 13.7. The van der Waals surface area contributed by atoms with Gasteiger partial charge in [0.25, 0.3) is 0 Å². The van der Waals surface area contributed by atoms with E-state index < -0.39 is 0 Å². The van der Waals surface area contributed by atoms with Crippen LogP contribution in [0.25, 0.3) is 6.08 Å². The molecular weight excluding hydrogens is 300 g/mol. The molecule has 2 aromatic carbocycles. The van der Waals surface area contributed by atoms with Gasteiger partial charge in [0.1, 0.15) is 0 Å². The lowest BCUT2D eigenvalue weighted by atomic mass is 10.2. The fraction of sp³-hybridized carbons (Fsp3) is 0.250. The van der Waals surface area contributed by atoms with Crippen molar-refractivity contribution in [3.05, 3.63) is 71.8 Å². The first-order valence-corrected chi connectivity index (χ1v) is 8.24. The van der Waals surface area contributed by atoms with Gasteiger partial charge in [-0.1, -0.05) is 42.5 Å². The number of hydrogen-bond donors (Lipinski definition) is 1. The Morgan fingerprint density at radius 3 is 2.46 bits per heavy atom. The second kappa shape index (κ2) is 8.31. The van der Waals surface area contributed by atoms with Gasteiger partial charge in [-0.25, -0.2) is 0 Å². The largest absolute Gasteiger partial charge is 0.378 e. The second-order valence-electron chi connectivity index (χ2n) is 5.73. The Kier molecular flexibility index (Phi) is 5.64. The van der Waals surface area contributed by atoms with Gasteiger partial charge in [-0.3, -0.25) is 4.79 Å². The molecule has 4 nitrogen and oxygen atoms in total. The van der Waals surface area contributed by atoms with Gasteiger partial charge in [-0.15, -0.1) is 0 Å². The van der Waals surface area contributed by atoms with Crippen molar-refractivity contribution in [3.8, 4) is 0 Å². The summed E-state index contributed by atoms with van der Waals surface area (Å²) in [5.41, 5.74) is 3.31. The fourth-order valence-electron chi connectivity index (χ4n) is 2.63. The molecule has 0 radical (unpaired) electrons. The minimum atomic E-state index is -0.0869. The molecule has 124 valence electrons. The second-order valence-corrected chi connectivity index (χ2v) is 5.73. The first kappa shape index (κ1) is 16.3. The Morgan fingerprint density at radius 1 is 1.04 bits per heavy atom. The van der Waals surface area contributed by atoms with Crippen LogP contribution >= 0.6 is 0 Å². The molecule has 4 heteroatoms. The first-order chi connectivity index (χ1) is 11.8. The van der Waals surface area contributed by atoms with Crippen molar-refractivity contribution in [3.63, 3.8) is 0 Å². The van der Waals surface area contributed by atoms with E-state index in [1.807, 2.05) is 36.4 Å². The SMILES string of the molecule is O=C(/C=C/c1ccccc1)NCc1ccc(N2CCOCC2)cc1. The van der Waals surface area contributed by atoms with Gasteiger partial charge in [0.05, 0.1) is 13.2 Å². The molecule has 1 aliphatic rings. The van der Waals surface area contributed by atoms with Crippen molar-refractivity contribution < 1.29 is 9.53 Å². The molecule has 3 rings (SSSR count). The summed E-state index contributed by atoms with van der Waals surface area (Å²) < 4.78 is 5.37. The number of morpholine rings is 1. The van der Waals surface area contributed by atoms with E-state index in [0.29, 0.717) is 6.54 Å². The zero-order valence-corrected chi connectivity index (χ0v) is 13.7. The van der Waals surface area contributed by atoms with E-state index in [2.05, 4.69) is 34.5 Å². The van der Waals surface area contributed by atoms with Crippen LogP contribution in [0.5, 0.6) is 0 Å². The molecule has 0 bridgehead atoms. The van der Waals surface area contributed by atoms with E-state index in [1.54, 1.807) is 6.08 Å². The summed E-state index contributed by atoms with van der Waals surface area (Å²) in [4.78, 5) is 14.2. The minimum Gasteiger partial charge on any atom is -0.378 e. The number of benzene rings is 2. The number of hydrogen-bond acceptors (Lipinski definition) is 3. The number of nitrogens with zero attached hydrogens (tertiary/aromatic N) is 1. The number of rotatable bonds is 5. The highest BCUT2D eigenvalue weighted by Crippen LogP contribution is 2.16. The highest BCUT2D eigenvalue weighted by molar-refractivity contribution is 5.91. The van der Waals surface area contributed by atoms with Crippen LogP contribution in [-0.4, -0.2) is 32.2 Å². The summed E-state index contributed by atoms with van der Waals surface area (Å²) in [6.45, 7) is 3.96. The first-order valence-electron chi connectivity index (χ1n) is 8.24. The van der Waals surface area contributed by atoms with E-state index in [4.69, 9.17) is 4.74 Å². The maximum Gasteiger partial charge on any atom is 0.244 e. The molecule has 0 aliphatic carbocycles. The number of ether oxygens (including phenoxy) is 1. The predicted molar refractivity (Wildman–Crippen MR) is 96.8 cm³/mol.